The van der Waals surface area contributed by atoms with Gasteiger partial charge in [0.15, 0.2) is 5.82 Å². The molecule has 1 saturated heterocycles. The van der Waals surface area contributed by atoms with Crippen molar-refractivity contribution in [3.8, 4) is 0 Å². The molecule has 140 valence electrons. The number of hydrogen-bond acceptors (Lipinski definition) is 4. The summed E-state index contributed by atoms with van der Waals surface area (Å²) in [6.07, 6.45) is 3.02. The Labute approximate surface area is 158 Å². The summed E-state index contributed by atoms with van der Waals surface area (Å²) >= 11 is 6.03. The molecule has 4 rings (SSSR count). The fourth-order valence-corrected chi connectivity index (χ4v) is 3.66. The van der Waals surface area contributed by atoms with Crippen LogP contribution in [0.5, 0.6) is 0 Å². The van der Waals surface area contributed by atoms with Crippen LogP contribution in [0.25, 0.3) is 0 Å². The molecular weight excluding hydrogens is 378 g/mol. The number of rotatable bonds is 3. The lowest BCUT2D eigenvalue weighted by atomic mass is 10.1. The lowest BCUT2D eigenvalue weighted by molar-refractivity contribution is -0.122. The van der Waals surface area contributed by atoms with Crippen LogP contribution in [-0.4, -0.2) is 35.9 Å². The van der Waals surface area contributed by atoms with E-state index < -0.39 is 17.5 Å². The van der Waals surface area contributed by atoms with Crippen molar-refractivity contribution in [2.75, 3.05) is 28.2 Å². The summed E-state index contributed by atoms with van der Waals surface area (Å²) in [7, 11) is 0. The molecule has 1 aromatic carbocycles. The average Bonchev–Trinajstić information content (AvgIpc) is 3.11. The van der Waals surface area contributed by atoms with Crippen LogP contribution in [0.3, 0.4) is 0 Å². The minimum Gasteiger partial charge on any atom is -0.343 e. The molecular formula is C18H15ClF2N4O2. The zero-order chi connectivity index (χ0) is 19.1. The Morgan fingerprint density at radius 2 is 2.15 bits per heavy atom. The van der Waals surface area contributed by atoms with Gasteiger partial charge >= 0.3 is 0 Å². The Morgan fingerprint density at radius 1 is 1.33 bits per heavy atom. The SMILES string of the molecule is O=C(CN1C(=O)C2CCCN2c2ncc(Cl)cc21)Nc1ccc(F)cc1F. The van der Waals surface area contributed by atoms with E-state index in [1.165, 1.54) is 11.1 Å². The summed E-state index contributed by atoms with van der Waals surface area (Å²) in [5.41, 5.74) is 0.290. The fourth-order valence-electron chi connectivity index (χ4n) is 3.50. The highest BCUT2D eigenvalue weighted by molar-refractivity contribution is 6.31. The summed E-state index contributed by atoms with van der Waals surface area (Å²) in [5.74, 6) is -1.86. The van der Waals surface area contributed by atoms with Gasteiger partial charge in [0, 0.05) is 18.8 Å². The maximum absolute atomic E-state index is 13.8. The highest BCUT2D eigenvalue weighted by Gasteiger charge is 2.42. The molecule has 1 unspecified atom stereocenters. The Hall–Kier alpha value is -2.74. The second-order valence-electron chi connectivity index (χ2n) is 6.44. The zero-order valence-electron chi connectivity index (χ0n) is 14.1. The lowest BCUT2D eigenvalue weighted by Gasteiger charge is -2.38. The van der Waals surface area contributed by atoms with E-state index in [1.807, 2.05) is 4.90 Å². The van der Waals surface area contributed by atoms with Gasteiger partial charge in [-0.15, -0.1) is 0 Å². The van der Waals surface area contributed by atoms with Gasteiger partial charge in [-0.1, -0.05) is 11.6 Å². The Kier molecular flexibility index (Phi) is 4.43. The topological polar surface area (TPSA) is 65.5 Å². The third kappa shape index (κ3) is 3.21. The van der Waals surface area contributed by atoms with Crippen LogP contribution in [0.2, 0.25) is 5.02 Å². The van der Waals surface area contributed by atoms with Gasteiger partial charge in [-0.05, 0) is 31.0 Å². The molecule has 0 bridgehead atoms. The van der Waals surface area contributed by atoms with E-state index in [0.29, 0.717) is 35.6 Å². The molecule has 2 amide bonds. The minimum absolute atomic E-state index is 0.155. The van der Waals surface area contributed by atoms with E-state index in [-0.39, 0.29) is 24.2 Å². The molecule has 27 heavy (non-hydrogen) atoms. The normalized spacial score (nSPS) is 18.3. The van der Waals surface area contributed by atoms with Crippen LogP contribution < -0.4 is 15.1 Å². The molecule has 1 N–H and O–H groups in total. The second kappa shape index (κ2) is 6.77. The number of fused-ring (bicyclic) bond motifs is 3. The highest BCUT2D eigenvalue weighted by atomic mass is 35.5. The van der Waals surface area contributed by atoms with E-state index in [2.05, 4.69) is 10.3 Å². The van der Waals surface area contributed by atoms with Gasteiger partial charge in [-0.3, -0.25) is 14.5 Å². The van der Waals surface area contributed by atoms with Crippen molar-refractivity contribution in [2.24, 2.45) is 0 Å². The number of nitrogens with zero attached hydrogens (tertiary/aromatic N) is 3. The molecule has 1 aromatic heterocycles. The lowest BCUT2D eigenvalue weighted by Crippen LogP contribution is -2.53. The van der Waals surface area contributed by atoms with Gasteiger partial charge < -0.3 is 10.2 Å². The summed E-state index contributed by atoms with van der Waals surface area (Å²) < 4.78 is 26.8. The van der Waals surface area contributed by atoms with Crippen LogP contribution in [0.1, 0.15) is 12.8 Å². The first-order valence-electron chi connectivity index (χ1n) is 8.42. The summed E-state index contributed by atoms with van der Waals surface area (Å²) in [5, 5.41) is 2.71. The molecule has 2 aliphatic rings. The van der Waals surface area contributed by atoms with Crippen molar-refractivity contribution in [1.29, 1.82) is 0 Å². The number of aromatic nitrogens is 1. The number of carbonyl (C=O) groups excluding carboxylic acids is 2. The van der Waals surface area contributed by atoms with Crippen LogP contribution >= 0.6 is 11.6 Å². The molecule has 3 heterocycles. The Balaban J connectivity index is 1.61. The molecule has 9 heteroatoms. The van der Waals surface area contributed by atoms with E-state index in [0.717, 1.165) is 18.6 Å². The standard InChI is InChI=1S/C18H15ClF2N4O2/c19-10-6-15-17(22-8-10)24-5-1-2-14(24)18(27)25(15)9-16(26)23-13-4-3-11(20)7-12(13)21/h3-4,6-8,14H,1-2,5,9H2,(H,23,26). The minimum atomic E-state index is -0.889. The average molecular weight is 393 g/mol. The van der Waals surface area contributed by atoms with Gasteiger partial charge in [-0.2, -0.15) is 0 Å². The molecule has 0 radical (unpaired) electrons. The number of benzene rings is 1. The fraction of sp³-hybridized carbons (Fsp3) is 0.278. The van der Waals surface area contributed by atoms with Crippen LogP contribution in [0.15, 0.2) is 30.5 Å². The van der Waals surface area contributed by atoms with Crippen molar-refractivity contribution in [3.63, 3.8) is 0 Å². The molecule has 1 fully saturated rings. The first-order valence-corrected chi connectivity index (χ1v) is 8.80. The molecule has 2 aromatic rings. The van der Waals surface area contributed by atoms with E-state index >= 15 is 0 Å². The Morgan fingerprint density at radius 3 is 2.93 bits per heavy atom. The molecule has 2 aliphatic heterocycles. The maximum Gasteiger partial charge on any atom is 0.250 e. The van der Waals surface area contributed by atoms with E-state index in [9.17, 15) is 18.4 Å². The molecule has 0 aliphatic carbocycles. The maximum atomic E-state index is 13.8. The van der Waals surface area contributed by atoms with Crippen molar-refractivity contribution in [2.45, 2.75) is 18.9 Å². The van der Waals surface area contributed by atoms with Gasteiger partial charge in [0.1, 0.15) is 24.2 Å². The van der Waals surface area contributed by atoms with Gasteiger partial charge in [0.05, 0.1) is 16.4 Å². The molecule has 6 nitrogen and oxygen atoms in total. The summed E-state index contributed by atoms with van der Waals surface area (Å²) in [6, 6.07) is 4.06. The zero-order valence-corrected chi connectivity index (χ0v) is 14.8. The van der Waals surface area contributed by atoms with Crippen molar-refractivity contribution < 1.29 is 18.4 Å². The molecule has 1 atom stereocenters. The van der Waals surface area contributed by atoms with E-state index in [4.69, 9.17) is 11.6 Å². The third-order valence-corrected chi connectivity index (χ3v) is 4.89. The predicted octanol–water partition coefficient (Wildman–Crippen LogP) is 2.97. The Bertz CT molecular complexity index is 940. The number of hydrogen-bond donors (Lipinski definition) is 1. The van der Waals surface area contributed by atoms with Crippen LogP contribution in [0, 0.1) is 11.6 Å². The van der Waals surface area contributed by atoms with E-state index in [1.54, 1.807) is 6.07 Å². The van der Waals surface area contributed by atoms with Crippen molar-refractivity contribution in [1.82, 2.24) is 4.98 Å². The number of nitrogens with one attached hydrogen (secondary N) is 1. The molecule has 0 spiro atoms. The smallest absolute Gasteiger partial charge is 0.250 e. The first kappa shape index (κ1) is 17.7. The number of amides is 2. The second-order valence-corrected chi connectivity index (χ2v) is 6.88. The van der Waals surface area contributed by atoms with Gasteiger partial charge in [0.25, 0.3) is 0 Å². The first-order chi connectivity index (χ1) is 12.9. The van der Waals surface area contributed by atoms with Gasteiger partial charge in [0.2, 0.25) is 11.8 Å². The van der Waals surface area contributed by atoms with Crippen LogP contribution in [0.4, 0.5) is 26.0 Å². The monoisotopic (exact) mass is 392 g/mol. The number of anilines is 3. The van der Waals surface area contributed by atoms with Crippen molar-refractivity contribution in [3.05, 3.63) is 47.1 Å². The number of carbonyl (C=O) groups is 2. The summed E-state index contributed by atoms with van der Waals surface area (Å²) in [4.78, 5) is 32.9. The highest BCUT2D eigenvalue weighted by Crippen LogP contribution is 2.39. The summed E-state index contributed by atoms with van der Waals surface area (Å²) in [6.45, 7) is 0.383. The molecule has 0 saturated carbocycles. The number of pyridine rings is 1. The predicted molar refractivity (Wildman–Crippen MR) is 97.0 cm³/mol. The quantitative estimate of drug-likeness (QED) is 0.872. The van der Waals surface area contributed by atoms with Crippen molar-refractivity contribution >= 4 is 40.6 Å². The third-order valence-electron chi connectivity index (χ3n) is 4.69. The number of halogens is 3. The van der Waals surface area contributed by atoms with Gasteiger partial charge in [-0.25, -0.2) is 13.8 Å². The largest absolute Gasteiger partial charge is 0.343 e. The van der Waals surface area contributed by atoms with Crippen LogP contribution in [-0.2, 0) is 9.59 Å².